The molecule has 0 aliphatic carbocycles. The normalized spacial score (nSPS) is 9.93. The van der Waals surface area contributed by atoms with Crippen LogP contribution in [-0.2, 0) is 0 Å². The lowest BCUT2D eigenvalue weighted by Gasteiger charge is -2.11. The molecule has 0 atom stereocenters. The van der Waals surface area contributed by atoms with E-state index in [2.05, 4.69) is 36.2 Å². The van der Waals surface area contributed by atoms with Crippen LogP contribution in [-0.4, -0.2) is 33.2 Å². The van der Waals surface area contributed by atoms with Crippen LogP contribution in [0.5, 0.6) is 5.88 Å². The summed E-state index contributed by atoms with van der Waals surface area (Å²) in [6.07, 6.45) is 3.01. The zero-order valence-electron chi connectivity index (χ0n) is 15.6. The number of aryl methyl sites for hydroxylation is 1. The molecule has 0 aliphatic heterocycles. The third kappa shape index (κ3) is 6.37. The quantitative estimate of drug-likeness (QED) is 0.349. The molecular weight excluding hydrogens is 518 g/mol. The lowest BCUT2D eigenvalue weighted by Crippen LogP contribution is -2.14. The Bertz CT molecular complexity index is 1060. The van der Waals surface area contributed by atoms with Crippen LogP contribution < -0.4 is 10.1 Å². The third-order valence-electron chi connectivity index (χ3n) is 3.57. The van der Waals surface area contributed by atoms with Gasteiger partial charge in [0.1, 0.15) is 14.9 Å². The summed E-state index contributed by atoms with van der Waals surface area (Å²) in [7, 11) is 1.53. The van der Waals surface area contributed by atoms with E-state index in [9.17, 15) is 9.59 Å². The van der Waals surface area contributed by atoms with Crippen LogP contribution >= 0.6 is 50.7 Å². The van der Waals surface area contributed by atoms with Gasteiger partial charge in [0.05, 0.1) is 23.9 Å². The van der Waals surface area contributed by atoms with Crippen molar-refractivity contribution in [1.82, 2.24) is 15.0 Å². The Kier molecular flexibility index (Phi) is 8.98. The molecule has 156 valence electrons. The first-order valence-corrected chi connectivity index (χ1v) is 10.1. The van der Waals surface area contributed by atoms with Crippen LogP contribution in [0.3, 0.4) is 0 Å². The standard InChI is InChI=1S/C13H11BrClN3O2.C6H3Cl2NO/c1-7-6-9(20-2)17-11(14)10(7)18-13(19)8-4-3-5-16-12(8)15;7-5-4(6(8)10)2-1-3-9-5/h3-6H,1-2H3,(H,18,19);1-3H. The zero-order valence-corrected chi connectivity index (χ0v) is 19.5. The summed E-state index contributed by atoms with van der Waals surface area (Å²) >= 11 is 19.8. The maximum absolute atomic E-state index is 12.2. The van der Waals surface area contributed by atoms with Crippen molar-refractivity contribution in [3.8, 4) is 5.88 Å². The Morgan fingerprint density at radius 2 is 1.63 bits per heavy atom. The fourth-order valence-electron chi connectivity index (χ4n) is 2.13. The monoisotopic (exact) mass is 530 g/mol. The van der Waals surface area contributed by atoms with Gasteiger partial charge in [-0.2, -0.15) is 0 Å². The van der Waals surface area contributed by atoms with Gasteiger partial charge < -0.3 is 10.1 Å². The highest BCUT2D eigenvalue weighted by Gasteiger charge is 2.15. The lowest BCUT2D eigenvalue weighted by atomic mass is 10.2. The van der Waals surface area contributed by atoms with Crippen molar-refractivity contribution in [1.29, 1.82) is 0 Å². The molecule has 1 N–H and O–H groups in total. The van der Waals surface area contributed by atoms with E-state index in [1.54, 1.807) is 24.3 Å². The fourth-order valence-corrected chi connectivity index (χ4v) is 3.33. The average molecular weight is 533 g/mol. The van der Waals surface area contributed by atoms with Gasteiger partial charge in [0, 0.05) is 18.5 Å². The van der Waals surface area contributed by atoms with E-state index in [0.717, 1.165) is 5.56 Å². The first kappa shape index (κ1) is 24.0. The number of carbonyl (C=O) groups excluding carboxylic acids is 2. The highest BCUT2D eigenvalue weighted by molar-refractivity contribution is 9.10. The Balaban J connectivity index is 0.000000269. The van der Waals surface area contributed by atoms with Gasteiger partial charge in [0.15, 0.2) is 0 Å². The Morgan fingerprint density at radius 1 is 1.07 bits per heavy atom. The van der Waals surface area contributed by atoms with Crippen LogP contribution in [0.2, 0.25) is 10.3 Å². The third-order valence-corrected chi connectivity index (χ3v) is 4.95. The van der Waals surface area contributed by atoms with Gasteiger partial charge in [-0.05, 0) is 64.3 Å². The maximum atomic E-state index is 12.2. The molecule has 0 radical (unpaired) electrons. The molecule has 7 nitrogen and oxygen atoms in total. The van der Waals surface area contributed by atoms with Crippen LogP contribution in [0.15, 0.2) is 47.3 Å². The minimum atomic E-state index is -0.585. The topological polar surface area (TPSA) is 94.1 Å². The number of nitrogens with one attached hydrogen (secondary N) is 1. The number of methoxy groups -OCH3 is 1. The number of aromatic nitrogens is 3. The largest absolute Gasteiger partial charge is 0.481 e. The molecule has 0 bridgehead atoms. The van der Waals surface area contributed by atoms with Gasteiger partial charge in [-0.25, -0.2) is 15.0 Å². The van der Waals surface area contributed by atoms with Crippen molar-refractivity contribution in [3.63, 3.8) is 0 Å². The summed E-state index contributed by atoms with van der Waals surface area (Å²) in [6, 6.07) is 8.09. The molecule has 0 saturated carbocycles. The fraction of sp³-hybridized carbons (Fsp3) is 0.105. The van der Waals surface area contributed by atoms with Crippen molar-refractivity contribution in [3.05, 3.63) is 74.3 Å². The van der Waals surface area contributed by atoms with Gasteiger partial charge in [0.25, 0.3) is 11.1 Å². The van der Waals surface area contributed by atoms with Crippen molar-refractivity contribution in [2.45, 2.75) is 6.92 Å². The number of amides is 1. The predicted octanol–water partition coefficient (Wildman–Crippen LogP) is 5.58. The molecule has 3 rings (SSSR count). The number of halogens is 4. The smallest absolute Gasteiger partial charge is 0.258 e. The number of hydrogen-bond donors (Lipinski definition) is 1. The molecule has 1 amide bonds. The summed E-state index contributed by atoms with van der Waals surface area (Å²) in [4.78, 5) is 34.4. The molecule has 0 spiro atoms. The van der Waals surface area contributed by atoms with E-state index in [1.165, 1.54) is 25.6 Å². The van der Waals surface area contributed by atoms with Gasteiger partial charge in [-0.3, -0.25) is 9.59 Å². The molecule has 0 aliphatic rings. The second kappa shape index (κ2) is 11.2. The second-order valence-electron chi connectivity index (χ2n) is 5.56. The first-order chi connectivity index (χ1) is 14.2. The number of anilines is 1. The summed E-state index contributed by atoms with van der Waals surface area (Å²) in [5, 5.41) is 2.47. The Morgan fingerprint density at radius 3 is 2.07 bits per heavy atom. The summed E-state index contributed by atoms with van der Waals surface area (Å²) < 4.78 is 5.54. The number of ether oxygens (including phenoxy) is 1. The molecule has 3 aromatic rings. The molecule has 3 aromatic heterocycles. The minimum absolute atomic E-state index is 0.141. The van der Waals surface area contributed by atoms with Crippen molar-refractivity contribution in [2.24, 2.45) is 0 Å². The van der Waals surface area contributed by atoms with E-state index >= 15 is 0 Å². The van der Waals surface area contributed by atoms with E-state index < -0.39 is 5.24 Å². The number of hydrogen-bond acceptors (Lipinski definition) is 6. The van der Waals surface area contributed by atoms with Gasteiger partial charge in [0.2, 0.25) is 5.88 Å². The number of pyridine rings is 3. The van der Waals surface area contributed by atoms with Gasteiger partial charge in [-0.1, -0.05) is 23.2 Å². The van der Waals surface area contributed by atoms with E-state index in [4.69, 9.17) is 39.5 Å². The number of rotatable bonds is 4. The summed E-state index contributed by atoms with van der Waals surface area (Å²) in [5.41, 5.74) is 1.93. The van der Waals surface area contributed by atoms with Crippen LogP contribution in [0.4, 0.5) is 5.69 Å². The lowest BCUT2D eigenvalue weighted by molar-refractivity contribution is 0.102. The van der Waals surface area contributed by atoms with E-state index in [0.29, 0.717) is 21.7 Å². The second-order valence-corrected chi connectivity index (χ2v) is 7.37. The highest BCUT2D eigenvalue weighted by Crippen LogP contribution is 2.28. The van der Waals surface area contributed by atoms with Crippen molar-refractivity contribution < 1.29 is 14.3 Å². The molecule has 3 heterocycles. The van der Waals surface area contributed by atoms with E-state index in [1.807, 2.05) is 6.92 Å². The van der Waals surface area contributed by atoms with Crippen LogP contribution in [0.1, 0.15) is 26.3 Å². The summed E-state index contributed by atoms with van der Waals surface area (Å²) in [5.74, 6) is 0.116. The number of carbonyl (C=O) groups is 2. The molecule has 0 saturated heterocycles. The zero-order chi connectivity index (χ0) is 22.3. The Hall–Kier alpha value is -2.26. The SMILES string of the molecule is COc1cc(C)c(NC(=O)c2cccnc2Cl)c(Br)n1.O=C(Cl)c1cccnc1Cl. The van der Waals surface area contributed by atoms with Crippen molar-refractivity contribution in [2.75, 3.05) is 12.4 Å². The first-order valence-electron chi connectivity index (χ1n) is 8.18. The Labute approximate surface area is 195 Å². The van der Waals surface area contributed by atoms with Crippen LogP contribution in [0, 0.1) is 6.92 Å². The van der Waals surface area contributed by atoms with Crippen LogP contribution in [0.25, 0.3) is 0 Å². The maximum Gasteiger partial charge on any atom is 0.258 e. The highest BCUT2D eigenvalue weighted by atomic mass is 79.9. The average Bonchev–Trinajstić information content (AvgIpc) is 2.71. The minimum Gasteiger partial charge on any atom is -0.481 e. The van der Waals surface area contributed by atoms with Gasteiger partial charge in [-0.15, -0.1) is 0 Å². The summed E-state index contributed by atoms with van der Waals surface area (Å²) in [6.45, 7) is 1.84. The predicted molar refractivity (Wildman–Crippen MR) is 120 cm³/mol. The van der Waals surface area contributed by atoms with Crippen molar-refractivity contribution >= 4 is 67.6 Å². The van der Waals surface area contributed by atoms with Gasteiger partial charge >= 0.3 is 0 Å². The molecule has 30 heavy (non-hydrogen) atoms. The number of nitrogens with zero attached hydrogens (tertiary/aromatic N) is 3. The molecule has 11 heteroatoms. The molecule has 0 aromatic carbocycles. The molecule has 0 unspecified atom stereocenters. The molecular formula is C19H14BrCl3N4O3. The molecule has 0 fully saturated rings. The van der Waals surface area contributed by atoms with E-state index in [-0.39, 0.29) is 21.8 Å².